The molecule has 0 amide bonds. The summed E-state index contributed by atoms with van der Waals surface area (Å²) in [6.45, 7) is 0.755. The van der Waals surface area contributed by atoms with Crippen LogP contribution in [0.5, 0.6) is 0 Å². The summed E-state index contributed by atoms with van der Waals surface area (Å²) < 4.78 is 0. The summed E-state index contributed by atoms with van der Waals surface area (Å²) in [5, 5.41) is 3.73. The molecule has 3 rings (SSSR count). The molecule has 0 saturated heterocycles. The van der Waals surface area contributed by atoms with E-state index in [-0.39, 0.29) is 5.54 Å². The Morgan fingerprint density at radius 3 is 2.56 bits per heavy atom. The molecule has 2 saturated carbocycles. The highest BCUT2D eigenvalue weighted by Gasteiger charge is 2.41. The lowest BCUT2D eigenvalue weighted by Crippen LogP contribution is -2.49. The van der Waals surface area contributed by atoms with Gasteiger partial charge in [0.1, 0.15) is 0 Å². The molecule has 2 unspecified atom stereocenters. The van der Waals surface area contributed by atoms with E-state index in [1.165, 1.54) is 44.2 Å². The van der Waals surface area contributed by atoms with Crippen LogP contribution in [0.1, 0.15) is 38.5 Å². The van der Waals surface area contributed by atoms with Crippen molar-refractivity contribution in [3.8, 4) is 0 Å². The number of hydrogen-bond acceptors (Lipinski definition) is 2. The van der Waals surface area contributed by atoms with Crippen LogP contribution in [0.3, 0.4) is 0 Å². The summed E-state index contributed by atoms with van der Waals surface area (Å²) in [5.74, 6) is 1.92. The molecule has 18 heavy (non-hydrogen) atoms. The van der Waals surface area contributed by atoms with Gasteiger partial charge >= 0.3 is 0 Å². The van der Waals surface area contributed by atoms with Crippen LogP contribution in [0, 0.1) is 11.8 Å². The van der Waals surface area contributed by atoms with Gasteiger partial charge in [0, 0.05) is 17.8 Å². The van der Waals surface area contributed by atoms with Gasteiger partial charge in [-0.15, -0.1) is 0 Å². The molecule has 2 heteroatoms. The van der Waals surface area contributed by atoms with Crippen LogP contribution in [-0.2, 0) is 0 Å². The van der Waals surface area contributed by atoms with Crippen LogP contribution in [-0.4, -0.2) is 12.1 Å². The molecule has 1 aromatic carbocycles. The molecule has 0 spiro atoms. The van der Waals surface area contributed by atoms with Gasteiger partial charge in [-0.25, -0.2) is 0 Å². The van der Waals surface area contributed by atoms with E-state index in [2.05, 4.69) is 35.6 Å². The summed E-state index contributed by atoms with van der Waals surface area (Å²) in [4.78, 5) is 0. The summed E-state index contributed by atoms with van der Waals surface area (Å²) in [5.41, 5.74) is 7.47. The fraction of sp³-hybridized carbons (Fsp3) is 0.625. The van der Waals surface area contributed by atoms with Crippen LogP contribution < -0.4 is 11.1 Å². The molecule has 2 fully saturated rings. The van der Waals surface area contributed by atoms with E-state index in [4.69, 9.17) is 5.73 Å². The predicted octanol–water partition coefficient (Wildman–Crippen LogP) is 3.40. The minimum atomic E-state index is 0.146. The number of nitrogens with two attached hydrogens (primary N) is 1. The second-order valence-electron chi connectivity index (χ2n) is 6.17. The fourth-order valence-electron chi connectivity index (χ4n) is 3.56. The van der Waals surface area contributed by atoms with Gasteiger partial charge in [-0.1, -0.05) is 31.0 Å². The number of hydrogen-bond donors (Lipinski definition) is 2. The molecule has 0 aliphatic heterocycles. The molecule has 1 aromatic rings. The molecule has 3 N–H and O–H groups in total. The van der Waals surface area contributed by atoms with Crippen molar-refractivity contribution >= 4 is 5.69 Å². The molecule has 0 bridgehead atoms. The van der Waals surface area contributed by atoms with Crippen LogP contribution in [0.4, 0.5) is 5.69 Å². The molecule has 0 aromatic heterocycles. The predicted molar refractivity (Wildman–Crippen MR) is 76.5 cm³/mol. The summed E-state index contributed by atoms with van der Waals surface area (Å²) in [6.07, 6.45) is 8.15. The van der Waals surface area contributed by atoms with E-state index < -0.39 is 0 Å². The zero-order valence-corrected chi connectivity index (χ0v) is 11.1. The molecule has 2 atom stereocenters. The minimum Gasteiger partial charge on any atom is -0.378 e. The summed E-state index contributed by atoms with van der Waals surface area (Å²) >= 11 is 0. The van der Waals surface area contributed by atoms with Crippen molar-refractivity contribution in [2.24, 2.45) is 17.6 Å². The Labute approximate surface area is 110 Å². The molecule has 0 heterocycles. The maximum absolute atomic E-state index is 6.11. The summed E-state index contributed by atoms with van der Waals surface area (Å²) in [7, 11) is 0. The highest BCUT2D eigenvalue weighted by molar-refractivity contribution is 5.45. The Kier molecular flexibility index (Phi) is 3.29. The fourth-order valence-corrected chi connectivity index (χ4v) is 3.56. The molecule has 2 nitrogen and oxygen atoms in total. The van der Waals surface area contributed by atoms with E-state index in [0.717, 1.165) is 18.4 Å². The Hall–Kier alpha value is -1.02. The lowest BCUT2D eigenvalue weighted by atomic mass is 9.73. The van der Waals surface area contributed by atoms with Crippen molar-refractivity contribution in [2.45, 2.75) is 44.1 Å². The average Bonchev–Trinajstić information content (AvgIpc) is 3.24. The topological polar surface area (TPSA) is 38.0 Å². The van der Waals surface area contributed by atoms with Crippen molar-refractivity contribution in [2.75, 3.05) is 11.9 Å². The third-order valence-corrected chi connectivity index (χ3v) is 4.75. The first-order valence-corrected chi connectivity index (χ1v) is 7.35. The molecule has 2 aliphatic rings. The SMILES string of the molecule is NCC1(Nc2ccccc2)CCCC(C2CC2)C1. The lowest BCUT2D eigenvalue weighted by molar-refractivity contribution is 0.228. The van der Waals surface area contributed by atoms with Gasteiger partial charge in [0.2, 0.25) is 0 Å². The van der Waals surface area contributed by atoms with Gasteiger partial charge in [-0.2, -0.15) is 0 Å². The first-order valence-electron chi connectivity index (χ1n) is 7.35. The van der Waals surface area contributed by atoms with Gasteiger partial charge in [0.25, 0.3) is 0 Å². The minimum absolute atomic E-state index is 0.146. The smallest absolute Gasteiger partial charge is 0.0498 e. The number of para-hydroxylation sites is 1. The van der Waals surface area contributed by atoms with Crippen LogP contribution in [0.15, 0.2) is 30.3 Å². The Balaban J connectivity index is 1.72. The third-order valence-electron chi connectivity index (χ3n) is 4.75. The number of rotatable bonds is 4. The van der Waals surface area contributed by atoms with E-state index in [1.807, 2.05) is 0 Å². The van der Waals surface area contributed by atoms with Crippen molar-refractivity contribution in [1.82, 2.24) is 0 Å². The van der Waals surface area contributed by atoms with Gasteiger partial charge < -0.3 is 11.1 Å². The molecular weight excluding hydrogens is 220 g/mol. The number of benzene rings is 1. The zero-order valence-electron chi connectivity index (χ0n) is 11.1. The third kappa shape index (κ3) is 2.54. The Morgan fingerprint density at radius 1 is 1.11 bits per heavy atom. The Bertz CT molecular complexity index is 385. The summed E-state index contributed by atoms with van der Waals surface area (Å²) in [6, 6.07) is 10.5. The monoisotopic (exact) mass is 244 g/mol. The lowest BCUT2D eigenvalue weighted by Gasteiger charge is -2.42. The molecular formula is C16H24N2. The van der Waals surface area contributed by atoms with Crippen molar-refractivity contribution in [3.05, 3.63) is 30.3 Å². The van der Waals surface area contributed by atoms with Crippen molar-refractivity contribution in [3.63, 3.8) is 0 Å². The van der Waals surface area contributed by atoms with Crippen LogP contribution in [0.25, 0.3) is 0 Å². The first-order chi connectivity index (χ1) is 8.81. The largest absolute Gasteiger partial charge is 0.378 e. The molecule has 98 valence electrons. The van der Waals surface area contributed by atoms with E-state index in [9.17, 15) is 0 Å². The maximum Gasteiger partial charge on any atom is 0.0498 e. The quantitative estimate of drug-likeness (QED) is 0.852. The number of anilines is 1. The zero-order chi connectivity index (χ0) is 12.4. The maximum atomic E-state index is 6.11. The second kappa shape index (κ2) is 4.93. The van der Waals surface area contributed by atoms with E-state index in [0.29, 0.717) is 0 Å². The van der Waals surface area contributed by atoms with Gasteiger partial charge in [-0.3, -0.25) is 0 Å². The van der Waals surface area contributed by atoms with E-state index in [1.54, 1.807) is 0 Å². The van der Waals surface area contributed by atoms with Gasteiger partial charge in [0.15, 0.2) is 0 Å². The second-order valence-corrected chi connectivity index (χ2v) is 6.17. The van der Waals surface area contributed by atoms with Crippen LogP contribution >= 0.6 is 0 Å². The highest BCUT2D eigenvalue weighted by atomic mass is 15.0. The van der Waals surface area contributed by atoms with Crippen molar-refractivity contribution in [1.29, 1.82) is 0 Å². The standard InChI is InChI=1S/C16H24N2/c17-12-16(18-15-6-2-1-3-7-15)10-4-5-14(11-16)13-8-9-13/h1-3,6-7,13-14,18H,4-5,8-12,17H2. The normalized spacial score (nSPS) is 32.2. The number of nitrogens with one attached hydrogen (secondary N) is 1. The Morgan fingerprint density at radius 2 is 1.89 bits per heavy atom. The molecule has 2 aliphatic carbocycles. The average molecular weight is 244 g/mol. The first kappa shape index (κ1) is 12.0. The van der Waals surface area contributed by atoms with Crippen LogP contribution in [0.2, 0.25) is 0 Å². The van der Waals surface area contributed by atoms with E-state index >= 15 is 0 Å². The van der Waals surface area contributed by atoms with Crippen molar-refractivity contribution < 1.29 is 0 Å². The van der Waals surface area contributed by atoms with Gasteiger partial charge in [-0.05, 0) is 49.7 Å². The highest BCUT2D eigenvalue weighted by Crippen LogP contribution is 2.47. The van der Waals surface area contributed by atoms with Gasteiger partial charge in [0.05, 0.1) is 0 Å². The molecule has 0 radical (unpaired) electrons.